The number of halogens is 1. The second-order valence-corrected chi connectivity index (χ2v) is 10.7. The lowest BCUT2D eigenvalue weighted by molar-refractivity contribution is 0.0937. The van der Waals surface area contributed by atoms with E-state index in [1.54, 1.807) is 0 Å². The Morgan fingerprint density at radius 2 is 2.15 bits per heavy atom. The third-order valence-corrected chi connectivity index (χ3v) is 8.03. The molecule has 0 bridgehead atoms. The molecule has 1 amide bonds. The van der Waals surface area contributed by atoms with Crippen molar-refractivity contribution in [3.63, 3.8) is 0 Å². The number of thiophene rings is 1. The van der Waals surface area contributed by atoms with Gasteiger partial charge in [0.1, 0.15) is 16.5 Å². The summed E-state index contributed by atoms with van der Waals surface area (Å²) in [6, 6.07) is 5.84. The molecule has 174 valence electrons. The molecule has 5 rings (SSSR count). The summed E-state index contributed by atoms with van der Waals surface area (Å²) in [5.74, 6) is 1.51. The van der Waals surface area contributed by atoms with E-state index < -0.39 is 12.1 Å². The quantitative estimate of drug-likeness (QED) is 0.611. The Bertz CT molecular complexity index is 1230. The molecule has 1 fully saturated rings. The number of aromatic nitrogens is 3. The van der Waals surface area contributed by atoms with Crippen LogP contribution in [-0.2, 0) is 12.8 Å². The molecule has 3 aromatic rings. The largest absolute Gasteiger partial charge is 0.354 e. The molecule has 3 N–H and O–H groups in total. The SMILES string of the molecule is Cc1nc(C)c2cc(C(=O)NC3CCc4nc(N5CC(N)C(C)(CF)C5)ccc4C3)sc2n1. The van der Waals surface area contributed by atoms with Crippen LogP contribution in [0.1, 0.15) is 45.8 Å². The average Bonchev–Trinajstić information content (AvgIpc) is 3.35. The lowest BCUT2D eigenvalue weighted by Crippen LogP contribution is -2.39. The van der Waals surface area contributed by atoms with Gasteiger partial charge < -0.3 is 16.0 Å². The molecule has 7 nitrogen and oxygen atoms in total. The van der Waals surface area contributed by atoms with Crippen LogP contribution in [0.25, 0.3) is 10.2 Å². The van der Waals surface area contributed by atoms with Crippen molar-refractivity contribution in [3.8, 4) is 0 Å². The summed E-state index contributed by atoms with van der Waals surface area (Å²) in [4.78, 5) is 30.3. The van der Waals surface area contributed by atoms with E-state index in [4.69, 9.17) is 10.7 Å². The van der Waals surface area contributed by atoms with Gasteiger partial charge in [-0.25, -0.2) is 15.0 Å². The van der Waals surface area contributed by atoms with Crippen molar-refractivity contribution in [3.05, 3.63) is 45.9 Å². The number of alkyl halides is 1. The minimum atomic E-state index is -0.525. The molecule has 1 aliphatic heterocycles. The first-order valence-electron chi connectivity index (χ1n) is 11.4. The summed E-state index contributed by atoms with van der Waals surface area (Å²) in [5.41, 5.74) is 8.77. The third-order valence-electron chi connectivity index (χ3n) is 7.00. The van der Waals surface area contributed by atoms with E-state index in [1.807, 2.05) is 32.9 Å². The minimum absolute atomic E-state index is 0.0619. The van der Waals surface area contributed by atoms with Gasteiger partial charge >= 0.3 is 0 Å². The highest BCUT2D eigenvalue weighted by Gasteiger charge is 2.41. The Labute approximate surface area is 196 Å². The van der Waals surface area contributed by atoms with Crippen molar-refractivity contribution >= 4 is 33.3 Å². The number of carbonyl (C=O) groups excluding carboxylic acids is 1. The van der Waals surface area contributed by atoms with Crippen molar-refractivity contribution in [1.82, 2.24) is 20.3 Å². The summed E-state index contributed by atoms with van der Waals surface area (Å²) in [6.45, 7) is 6.47. The van der Waals surface area contributed by atoms with Crippen LogP contribution in [0.5, 0.6) is 0 Å². The van der Waals surface area contributed by atoms with Crippen molar-refractivity contribution in [2.45, 2.75) is 52.1 Å². The maximum atomic E-state index is 13.5. The van der Waals surface area contributed by atoms with Gasteiger partial charge in [0.25, 0.3) is 5.91 Å². The molecule has 1 aliphatic carbocycles. The number of nitrogens with zero attached hydrogens (tertiary/aromatic N) is 4. The van der Waals surface area contributed by atoms with Crippen LogP contribution in [-0.4, -0.2) is 52.7 Å². The van der Waals surface area contributed by atoms with Gasteiger partial charge in [0.05, 0.1) is 11.6 Å². The number of aryl methyl sites for hydroxylation is 3. The van der Waals surface area contributed by atoms with E-state index in [-0.39, 0.29) is 18.0 Å². The molecular formula is C24H29FN6OS. The van der Waals surface area contributed by atoms with Gasteiger partial charge in [0.2, 0.25) is 0 Å². The number of nitrogens with one attached hydrogen (secondary N) is 1. The van der Waals surface area contributed by atoms with Gasteiger partial charge in [-0.15, -0.1) is 11.3 Å². The Morgan fingerprint density at radius 3 is 2.91 bits per heavy atom. The Kier molecular flexibility index (Phi) is 5.56. The van der Waals surface area contributed by atoms with Crippen LogP contribution in [0.3, 0.4) is 0 Å². The highest BCUT2D eigenvalue weighted by molar-refractivity contribution is 7.20. The first-order valence-corrected chi connectivity index (χ1v) is 12.2. The second kappa shape index (κ2) is 8.29. The van der Waals surface area contributed by atoms with Crippen molar-refractivity contribution < 1.29 is 9.18 Å². The van der Waals surface area contributed by atoms with Gasteiger partial charge in [-0.05, 0) is 50.8 Å². The summed E-state index contributed by atoms with van der Waals surface area (Å²) in [5, 5.41) is 4.13. The van der Waals surface area contributed by atoms with Gasteiger partial charge in [-0.1, -0.05) is 13.0 Å². The Hall–Kier alpha value is -2.65. The molecule has 4 heterocycles. The molecule has 0 radical (unpaired) electrons. The first-order chi connectivity index (χ1) is 15.8. The van der Waals surface area contributed by atoms with E-state index in [2.05, 4.69) is 26.3 Å². The Balaban J connectivity index is 1.27. The van der Waals surface area contributed by atoms with Gasteiger partial charge in [0.15, 0.2) is 0 Å². The normalized spacial score (nSPS) is 24.8. The Morgan fingerprint density at radius 1 is 1.33 bits per heavy atom. The molecule has 0 saturated carbocycles. The molecule has 0 spiro atoms. The molecule has 3 unspecified atom stereocenters. The van der Waals surface area contributed by atoms with Crippen LogP contribution in [0.4, 0.5) is 10.2 Å². The molecule has 0 aromatic carbocycles. The maximum absolute atomic E-state index is 13.5. The molecule has 3 atom stereocenters. The van der Waals surface area contributed by atoms with Crippen molar-refractivity contribution in [2.75, 3.05) is 24.7 Å². The zero-order valence-corrected chi connectivity index (χ0v) is 20.0. The smallest absolute Gasteiger partial charge is 0.261 e. The van der Waals surface area contributed by atoms with Gasteiger partial charge in [0, 0.05) is 47.4 Å². The van der Waals surface area contributed by atoms with E-state index in [0.29, 0.717) is 18.0 Å². The molecule has 1 saturated heterocycles. The topological polar surface area (TPSA) is 97.0 Å². The van der Waals surface area contributed by atoms with E-state index >= 15 is 0 Å². The zero-order chi connectivity index (χ0) is 23.3. The van der Waals surface area contributed by atoms with E-state index in [0.717, 1.165) is 58.1 Å². The monoisotopic (exact) mass is 468 g/mol. The summed E-state index contributed by atoms with van der Waals surface area (Å²) < 4.78 is 13.5. The number of pyridine rings is 1. The highest BCUT2D eigenvalue weighted by Crippen LogP contribution is 2.33. The average molecular weight is 469 g/mol. The molecule has 9 heteroatoms. The van der Waals surface area contributed by atoms with Crippen LogP contribution < -0.4 is 16.0 Å². The number of amides is 1. The molecule has 3 aromatic heterocycles. The van der Waals surface area contributed by atoms with Crippen LogP contribution in [0.15, 0.2) is 18.2 Å². The maximum Gasteiger partial charge on any atom is 0.261 e. The summed E-state index contributed by atoms with van der Waals surface area (Å²) >= 11 is 1.41. The fourth-order valence-corrected chi connectivity index (χ4v) is 5.89. The number of nitrogens with two attached hydrogens (primary N) is 1. The standard InChI is InChI=1S/C24H29FN6OS/c1-13-17-9-19(33-23(17)28-14(2)27-13)22(32)29-16-5-6-18-15(8-16)4-7-21(30-18)31-10-20(26)24(3,11-25)12-31/h4,7,9,16,20H,5-6,8,10-12,26H2,1-3H3,(H,29,32). The predicted molar refractivity (Wildman–Crippen MR) is 129 cm³/mol. The summed E-state index contributed by atoms with van der Waals surface area (Å²) in [6.07, 6.45) is 2.38. The number of anilines is 1. The van der Waals surface area contributed by atoms with Gasteiger partial charge in [-0.2, -0.15) is 0 Å². The number of carbonyl (C=O) groups is 1. The number of fused-ring (bicyclic) bond motifs is 2. The number of hydrogen-bond donors (Lipinski definition) is 2. The van der Waals surface area contributed by atoms with Crippen LogP contribution in [0, 0.1) is 19.3 Å². The number of rotatable bonds is 4. The number of hydrogen-bond acceptors (Lipinski definition) is 7. The van der Waals surface area contributed by atoms with E-state index in [9.17, 15) is 9.18 Å². The fraction of sp³-hybridized carbons (Fsp3) is 0.500. The minimum Gasteiger partial charge on any atom is -0.354 e. The van der Waals surface area contributed by atoms with Crippen molar-refractivity contribution in [2.24, 2.45) is 11.1 Å². The van der Waals surface area contributed by atoms with Gasteiger partial charge in [-0.3, -0.25) is 9.18 Å². The van der Waals surface area contributed by atoms with Crippen LogP contribution >= 0.6 is 11.3 Å². The highest BCUT2D eigenvalue weighted by atomic mass is 32.1. The second-order valence-electron chi connectivity index (χ2n) is 9.65. The lowest BCUT2D eigenvalue weighted by atomic mass is 9.87. The first kappa shape index (κ1) is 22.2. The summed E-state index contributed by atoms with van der Waals surface area (Å²) in [7, 11) is 0. The molecular weight excluding hydrogens is 439 g/mol. The predicted octanol–water partition coefficient (Wildman–Crippen LogP) is 3.11. The van der Waals surface area contributed by atoms with Crippen LogP contribution in [0.2, 0.25) is 0 Å². The molecule has 33 heavy (non-hydrogen) atoms. The zero-order valence-electron chi connectivity index (χ0n) is 19.2. The molecule has 2 aliphatic rings. The fourth-order valence-electron chi connectivity index (χ4n) is 4.86. The van der Waals surface area contributed by atoms with Crippen molar-refractivity contribution in [1.29, 1.82) is 0 Å². The van der Waals surface area contributed by atoms with E-state index in [1.165, 1.54) is 11.3 Å². The lowest BCUT2D eigenvalue weighted by Gasteiger charge is -2.27. The third kappa shape index (κ3) is 4.08.